The van der Waals surface area contributed by atoms with Gasteiger partial charge in [0.15, 0.2) is 5.11 Å². The lowest BCUT2D eigenvalue weighted by Crippen LogP contribution is -2.61. The Labute approximate surface area is 149 Å². The molecule has 24 heavy (non-hydrogen) atoms. The van der Waals surface area contributed by atoms with Gasteiger partial charge in [0, 0.05) is 5.54 Å². The number of aryl methyl sites for hydroxylation is 1. The van der Waals surface area contributed by atoms with Crippen molar-refractivity contribution in [3.05, 3.63) is 29.8 Å². The zero-order chi connectivity index (χ0) is 16.9. The van der Waals surface area contributed by atoms with E-state index in [1.807, 2.05) is 6.92 Å². The summed E-state index contributed by atoms with van der Waals surface area (Å²) in [6.07, 6.45) is 7.44. The summed E-state index contributed by atoms with van der Waals surface area (Å²) < 4.78 is 27.6. The van der Waals surface area contributed by atoms with Crippen LogP contribution in [-0.4, -0.2) is 19.1 Å². The predicted molar refractivity (Wildman–Crippen MR) is 98.1 cm³/mol. The summed E-state index contributed by atoms with van der Waals surface area (Å²) in [5.41, 5.74) is 1.05. The lowest BCUT2D eigenvalue weighted by Gasteiger charge is -2.57. The average Bonchev–Trinajstić information content (AvgIpc) is 2.44. The molecule has 4 fully saturated rings. The van der Waals surface area contributed by atoms with Gasteiger partial charge in [-0.2, -0.15) is 0 Å². The molecule has 6 heteroatoms. The number of rotatable bonds is 3. The molecule has 0 spiro atoms. The smallest absolute Gasteiger partial charge is 0.263 e. The Bertz CT molecular complexity index is 720. The molecule has 0 radical (unpaired) electrons. The topological polar surface area (TPSA) is 58.2 Å². The van der Waals surface area contributed by atoms with Crippen molar-refractivity contribution in [3.63, 3.8) is 0 Å². The molecule has 0 saturated heterocycles. The molecule has 4 saturated carbocycles. The van der Waals surface area contributed by atoms with Gasteiger partial charge in [-0.15, -0.1) is 0 Å². The lowest BCUT2D eigenvalue weighted by atomic mass is 9.53. The normalized spacial score (nSPS) is 34.1. The van der Waals surface area contributed by atoms with Gasteiger partial charge in [0.25, 0.3) is 10.0 Å². The molecular weight excluding hydrogens is 340 g/mol. The number of hydrogen-bond donors (Lipinski definition) is 2. The molecule has 4 aliphatic rings. The Hall–Kier alpha value is -1.14. The minimum absolute atomic E-state index is 0.0155. The fraction of sp³-hybridized carbons (Fsp3) is 0.611. The van der Waals surface area contributed by atoms with Crippen LogP contribution in [0.15, 0.2) is 29.2 Å². The zero-order valence-electron chi connectivity index (χ0n) is 13.9. The Morgan fingerprint density at radius 3 is 2.04 bits per heavy atom. The van der Waals surface area contributed by atoms with E-state index in [2.05, 4.69) is 10.0 Å². The van der Waals surface area contributed by atoms with Crippen molar-refractivity contribution in [2.24, 2.45) is 17.8 Å². The highest BCUT2D eigenvalue weighted by Crippen LogP contribution is 2.55. The zero-order valence-corrected chi connectivity index (χ0v) is 15.6. The van der Waals surface area contributed by atoms with E-state index in [1.165, 1.54) is 19.3 Å². The fourth-order valence-corrected chi connectivity index (χ4v) is 6.88. The van der Waals surface area contributed by atoms with Crippen molar-refractivity contribution in [2.45, 2.75) is 55.9 Å². The lowest BCUT2D eigenvalue weighted by molar-refractivity contribution is -0.00996. The number of thiocarbonyl (C=S) groups is 1. The predicted octanol–water partition coefficient (Wildman–Crippen LogP) is 3.12. The van der Waals surface area contributed by atoms with Crippen molar-refractivity contribution < 1.29 is 8.42 Å². The van der Waals surface area contributed by atoms with Crippen molar-refractivity contribution >= 4 is 27.4 Å². The average molecular weight is 365 g/mol. The van der Waals surface area contributed by atoms with Crippen LogP contribution in [-0.2, 0) is 10.0 Å². The first kappa shape index (κ1) is 16.3. The second-order valence-corrected chi connectivity index (χ2v) is 10.2. The summed E-state index contributed by atoms with van der Waals surface area (Å²) in [6, 6.07) is 6.82. The van der Waals surface area contributed by atoms with Gasteiger partial charge in [0.1, 0.15) is 0 Å². The van der Waals surface area contributed by atoms with Crippen LogP contribution in [0.2, 0.25) is 0 Å². The van der Waals surface area contributed by atoms with E-state index in [1.54, 1.807) is 24.3 Å². The van der Waals surface area contributed by atoms with Crippen LogP contribution in [0.5, 0.6) is 0 Å². The quantitative estimate of drug-likeness (QED) is 0.809. The Balaban J connectivity index is 1.46. The van der Waals surface area contributed by atoms with Crippen LogP contribution in [0.25, 0.3) is 0 Å². The highest BCUT2D eigenvalue weighted by atomic mass is 32.2. The number of sulfonamides is 1. The highest BCUT2D eigenvalue weighted by molar-refractivity contribution is 7.91. The molecule has 0 heterocycles. The molecule has 5 rings (SSSR count). The van der Waals surface area contributed by atoms with Gasteiger partial charge in [-0.1, -0.05) is 17.7 Å². The molecule has 4 bridgehead atoms. The molecular formula is C18H24N2O2S2. The number of hydrogen-bond acceptors (Lipinski definition) is 3. The minimum Gasteiger partial charge on any atom is -0.356 e. The van der Waals surface area contributed by atoms with Gasteiger partial charge in [-0.05, 0) is 87.6 Å². The molecule has 0 aliphatic heterocycles. The molecule has 0 atom stereocenters. The van der Waals surface area contributed by atoms with Crippen LogP contribution >= 0.6 is 12.2 Å². The van der Waals surface area contributed by atoms with E-state index in [4.69, 9.17) is 12.2 Å². The van der Waals surface area contributed by atoms with Gasteiger partial charge in [0.05, 0.1) is 4.90 Å². The minimum atomic E-state index is -3.61. The maximum atomic E-state index is 12.5. The maximum Gasteiger partial charge on any atom is 0.263 e. The summed E-state index contributed by atoms with van der Waals surface area (Å²) in [5, 5.41) is 3.65. The first-order valence-corrected chi connectivity index (χ1v) is 10.6. The summed E-state index contributed by atoms with van der Waals surface area (Å²) in [6.45, 7) is 1.93. The second kappa shape index (κ2) is 5.70. The molecule has 0 aromatic heterocycles. The van der Waals surface area contributed by atoms with Crippen molar-refractivity contribution in [1.82, 2.24) is 10.0 Å². The summed E-state index contributed by atoms with van der Waals surface area (Å²) in [5.74, 6) is 2.38. The maximum absolute atomic E-state index is 12.5. The second-order valence-electron chi connectivity index (χ2n) is 8.07. The SMILES string of the molecule is Cc1ccc(S(=O)(=O)NC(=S)NC23CC4CC(CC(C4)C2)C3)cc1. The first-order chi connectivity index (χ1) is 11.3. The Morgan fingerprint density at radius 2 is 1.54 bits per heavy atom. The van der Waals surface area contributed by atoms with E-state index in [9.17, 15) is 8.42 Å². The van der Waals surface area contributed by atoms with Crippen molar-refractivity contribution in [2.75, 3.05) is 0 Å². The summed E-state index contributed by atoms with van der Waals surface area (Å²) in [7, 11) is -3.61. The molecule has 1 aromatic carbocycles. The van der Waals surface area contributed by atoms with Gasteiger partial charge < -0.3 is 5.32 Å². The van der Waals surface area contributed by atoms with E-state index in [-0.39, 0.29) is 15.5 Å². The number of benzene rings is 1. The van der Waals surface area contributed by atoms with E-state index >= 15 is 0 Å². The monoisotopic (exact) mass is 364 g/mol. The molecule has 2 N–H and O–H groups in total. The van der Waals surface area contributed by atoms with E-state index < -0.39 is 10.0 Å². The van der Waals surface area contributed by atoms with Crippen molar-refractivity contribution in [3.8, 4) is 0 Å². The van der Waals surface area contributed by atoms with Crippen LogP contribution in [0, 0.1) is 24.7 Å². The summed E-state index contributed by atoms with van der Waals surface area (Å²) in [4.78, 5) is 0.253. The largest absolute Gasteiger partial charge is 0.356 e. The first-order valence-electron chi connectivity index (χ1n) is 8.75. The van der Waals surface area contributed by atoms with Gasteiger partial charge >= 0.3 is 0 Å². The van der Waals surface area contributed by atoms with Crippen LogP contribution in [0.1, 0.15) is 44.1 Å². The molecule has 0 unspecified atom stereocenters. The third kappa shape index (κ3) is 3.06. The molecule has 0 amide bonds. The number of nitrogens with one attached hydrogen (secondary N) is 2. The van der Waals surface area contributed by atoms with Gasteiger partial charge in [-0.25, -0.2) is 8.42 Å². The summed E-state index contributed by atoms with van der Waals surface area (Å²) >= 11 is 5.36. The van der Waals surface area contributed by atoms with E-state index in [0.717, 1.165) is 42.6 Å². The van der Waals surface area contributed by atoms with Crippen LogP contribution in [0.4, 0.5) is 0 Å². The molecule has 130 valence electrons. The third-order valence-electron chi connectivity index (χ3n) is 5.98. The van der Waals surface area contributed by atoms with Gasteiger partial charge in [0.2, 0.25) is 0 Å². The van der Waals surface area contributed by atoms with Crippen LogP contribution < -0.4 is 10.0 Å². The van der Waals surface area contributed by atoms with Gasteiger partial charge in [-0.3, -0.25) is 4.72 Å². The molecule has 4 nitrogen and oxygen atoms in total. The Morgan fingerprint density at radius 1 is 1.04 bits per heavy atom. The molecule has 1 aromatic rings. The van der Waals surface area contributed by atoms with Crippen molar-refractivity contribution in [1.29, 1.82) is 0 Å². The van der Waals surface area contributed by atoms with Crippen LogP contribution in [0.3, 0.4) is 0 Å². The third-order valence-corrected chi connectivity index (χ3v) is 7.67. The fourth-order valence-electron chi connectivity index (χ4n) is 5.43. The molecule has 4 aliphatic carbocycles. The standard InChI is InChI=1S/C18H24N2O2S2/c1-12-2-4-16(5-3-12)24(21,22)20-17(23)19-18-9-13-6-14(10-18)8-15(7-13)11-18/h2-5,13-15H,6-11H2,1H3,(H2,19,20,23). The highest BCUT2D eigenvalue weighted by Gasteiger charge is 2.51. The Kier molecular flexibility index (Phi) is 3.88. The van der Waals surface area contributed by atoms with E-state index in [0.29, 0.717) is 0 Å².